The van der Waals surface area contributed by atoms with Crippen molar-refractivity contribution < 1.29 is 9.47 Å². The van der Waals surface area contributed by atoms with Crippen LogP contribution >= 0.6 is 0 Å². The number of methoxy groups -OCH3 is 1. The summed E-state index contributed by atoms with van der Waals surface area (Å²) in [6.45, 7) is 4.72. The van der Waals surface area contributed by atoms with E-state index in [2.05, 4.69) is 43.1 Å². The van der Waals surface area contributed by atoms with E-state index in [0.29, 0.717) is 6.61 Å². The summed E-state index contributed by atoms with van der Waals surface area (Å²) >= 11 is 0. The van der Waals surface area contributed by atoms with E-state index in [1.54, 1.807) is 7.11 Å². The van der Waals surface area contributed by atoms with E-state index in [4.69, 9.17) is 9.47 Å². The minimum atomic E-state index is 0.450. The Labute approximate surface area is 142 Å². The van der Waals surface area contributed by atoms with E-state index >= 15 is 0 Å². The van der Waals surface area contributed by atoms with Crippen LogP contribution in [0.5, 0.6) is 11.5 Å². The fraction of sp³-hybridized carbons (Fsp3) is 0.190. The number of pyridine rings is 1. The SMILES string of the molecule is COc1ccccc1OCc1cncc(-c2cccc(C)c2C)c1. The third-order valence-corrected chi connectivity index (χ3v) is 4.17. The van der Waals surface area contributed by atoms with Gasteiger partial charge in [-0.25, -0.2) is 0 Å². The fourth-order valence-corrected chi connectivity index (χ4v) is 2.68. The lowest BCUT2D eigenvalue weighted by molar-refractivity contribution is 0.284. The topological polar surface area (TPSA) is 31.4 Å². The highest BCUT2D eigenvalue weighted by atomic mass is 16.5. The van der Waals surface area contributed by atoms with Gasteiger partial charge in [-0.3, -0.25) is 4.98 Å². The van der Waals surface area contributed by atoms with Crippen LogP contribution in [0.3, 0.4) is 0 Å². The Morgan fingerprint density at radius 2 is 1.71 bits per heavy atom. The van der Waals surface area contributed by atoms with Crippen molar-refractivity contribution in [2.75, 3.05) is 7.11 Å². The molecule has 0 aliphatic heterocycles. The second kappa shape index (κ2) is 7.18. The van der Waals surface area contributed by atoms with Crippen molar-refractivity contribution in [2.24, 2.45) is 0 Å². The Balaban J connectivity index is 1.82. The number of ether oxygens (including phenoxy) is 2. The van der Waals surface area contributed by atoms with Gasteiger partial charge in [0.1, 0.15) is 6.61 Å². The van der Waals surface area contributed by atoms with Gasteiger partial charge >= 0.3 is 0 Å². The maximum Gasteiger partial charge on any atom is 0.161 e. The highest BCUT2D eigenvalue weighted by molar-refractivity contribution is 5.68. The van der Waals surface area contributed by atoms with Crippen LogP contribution < -0.4 is 9.47 Å². The summed E-state index contributed by atoms with van der Waals surface area (Å²) in [6, 6.07) is 16.1. The van der Waals surface area contributed by atoms with Crippen LogP contribution in [-0.4, -0.2) is 12.1 Å². The van der Waals surface area contributed by atoms with Gasteiger partial charge < -0.3 is 9.47 Å². The number of benzene rings is 2. The number of rotatable bonds is 5. The van der Waals surface area contributed by atoms with Crippen LogP contribution in [0.2, 0.25) is 0 Å². The Hall–Kier alpha value is -2.81. The molecule has 0 saturated carbocycles. The average Bonchev–Trinajstić information content (AvgIpc) is 2.62. The summed E-state index contributed by atoms with van der Waals surface area (Å²) in [7, 11) is 1.64. The molecule has 3 aromatic rings. The van der Waals surface area contributed by atoms with Gasteiger partial charge in [0, 0.05) is 23.5 Å². The van der Waals surface area contributed by atoms with Crippen LogP contribution in [-0.2, 0) is 6.61 Å². The first-order chi connectivity index (χ1) is 11.7. The van der Waals surface area contributed by atoms with Gasteiger partial charge in [0.15, 0.2) is 11.5 Å². The minimum absolute atomic E-state index is 0.450. The first kappa shape index (κ1) is 16.1. The van der Waals surface area contributed by atoms with Gasteiger partial charge in [0.25, 0.3) is 0 Å². The molecule has 24 heavy (non-hydrogen) atoms. The number of nitrogens with zero attached hydrogens (tertiary/aromatic N) is 1. The predicted octanol–water partition coefficient (Wildman–Crippen LogP) is 4.95. The van der Waals surface area contributed by atoms with Gasteiger partial charge in [-0.1, -0.05) is 30.3 Å². The van der Waals surface area contributed by atoms with E-state index in [1.807, 2.05) is 36.7 Å². The number of aromatic nitrogens is 1. The third kappa shape index (κ3) is 3.40. The first-order valence-electron chi connectivity index (χ1n) is 7.95. The van der Waals surface area contributed by atoms with Crippen molar-refractivity contribution in [3.63, 3.8) is 0 Å². The summed E-state index contributed by atoms with van der Waals surface area (Å²) in [5.41, 5.74) is 5.91. The Kier molecular flexibility index (Phi) is 4.80. The number of hydrogen-bond acceptors (Lipinski definition) is 3. The maximum absolute atomic E-state index is 5.89. The summed E-state index contributed by atoms with van der Waals surface area (Å²) in [4.78, 5) is 4.38. The molecular weight excluding hydrogens is 298 g/mol. The van der Waals surface area contributed by atoms with Gasteiger partial charge in [0.2, 0.25) is 0 Å². The van der Waals surface area contributed by atoms with Crippen LogP contribution in [0.4, 0.5) is 0 Å². The normalized spacial score (nSPS) is 10.5. The molecule has 0 fully saturated rings. The highest BCUT2D eigenvalue weighted by Crippen LogP contribution is 2.28. The van der Waals surface area contributed by atoms with Crippen LogP contribution in [0.1, 0.15) is 16.7 Å². The Morgan fingerprint density at radius 3 is 2.50 bits per heavy atom. The summed E-state index contributed by atoms with van der Waals surface area (Å²) in [5.74, 6) is 1.47. The van der Waals surface area contributed by atoms with Crippen molar-refractivity contribution in [1.29, 1.82) is 0 Å². The molecule has 0 bridgehead atoms. The van der Waals surface area contributed by atoms with Crippen LogP contribution in [0.15, 0.2) is 60.9 Å². The largest absolute Gasteiger partial charge is 0.493 e. The molecule has 1 heterocycles. The molecule has 0 unspecified atom stereocenters. The summed E-state index contributed by atoms with van der Waals surface area (Å²) in [5, 5.41) is 0. The molecule has 0 aliphatic rings. The van der Waals surface area contributed by atoms with Gasteiger partial charge in [-0.2, -0.15) is 0 Å². The maximum atomic E-state index is 5.89. The first-order valence-corrected chi connectivity index (χ1v) is 7.95. The Bertz CT molecular complexity index is 843. The summed E-state index contributed by atoms with van der Waals surface area (Å²) in [6.07, 6.45) is 3.73. The quantitative estimate of drug-likeness (QED) is 0.666. The van der Waals surface area contributed by atoms with Crippen molar-refractivity contribution in [3.8, 4) is 22.6 Å². The zero-order valence-electron chi connectivity index (χ0n) is 14.2. The standard InChI is InChI=1S/C21H21NO2/c1-15-7-6-8-19(16(15)2)18-11-17(12-22-13-18)14-24-21-10-5-4-9-20(21)23-3/h4-13H,14H2,1-3H3. The lowest BCUT2D eigenvalue weighted by Gasteiger charge is -2.12. The molecule has 3 heteroatoms. The lowest BCUT2D eigenvalue weighted by atomic mass is 9.97. The molecule has 3 rings (SSSR count). The van der Waals surface area contributed by atoms with E-state index in [1.165, 1.54) is 16.7 Å². The Morgan fingerprint density at radius 1 is 0.917 bits per heavy atom. The van der Waals surface area contributed by atoms with E-state index < -0.39 is 0 Å². The van der Waals surface area contributed by atoms with Crippen molar-refractivity contribution in [1.82, 2.24) is 4.98 Å². The van der Waals surface area contributed by atoms with Crippen molar-refractivity contribution >= 4 is 0 Å². The zero-order chi connectivity index (χ0) is 16.9. The van der Waals surface area contributed by atoms with Crippen molar-refractivity contribution in [2.45, 2.75) is 20.5 Å². The molecule has 122 valence electrons. The number of aryl methyl sites for hydroxylation is 1. The van der Waals surface area contributed by atoms with E-state index in [9.17, 15) is 0 Å². The third-order valence-electron chi connectivity index (χ3n) is 4.17. The monoisotopic (exact) mass is 319 g/mol. The molecule has 0 radical (unpaired) electrons. The molecule has 3 nitrogen and oxygen atoms in total. The second-order valence-electron chi connectivity index (χ2n) is 5.77. The van der Waals surface area contributed by atoms with Crippen LogP contribution in [0, 0.1) is 13.8 Å². The van der Waals surface area contributed by atoms with Gasteiger partial charge in [-0.05, 0) is 48.7 Å². The molecule has 0 atom stereocenters. The minimum Gasteiger partial charge on any atom is -0.493 e. The van der Waals surface area contributed by atoms with Crippen LogP contribution in [0.25, 0.3) is 11.1 Å². The molecular formula is C21H21NO2. The highest BCUT2D eigenvalue weighted by Gasteiger charge is 2.07. The molecule has 0 amide bonds. The number of para-hydroxylation sites is 2. The lowest BCUT2D eigenvalue weighted by Crippen LogP contribution is -1.99. The molecule has 2 aromatic carbocycles. The predicted molar refractivity (Wildman–Crippen MR) is 96.5 cm³/mol. The fourth-order valence-electron chi connectivity index (χ4n) is 2.68. The van der Waals surface area contributed by atoms with Crippen molar-refractivity contribution in [3.05, 3.63) is 77.6 Å². The smallest absolute Gasteiger partial charge is 0.161 e. The number of hydrogen-bond donors (Lipinski definition) is 0. The molecule has 0 saturated heterocycles. The molecule has 0 aliphatic carbocycles. The zero-order valence-corrected chi connectivity index (χ0v) is 14.2. The van der Waals surface area contributed by atoms with Gasteiger partial charge in [0.05, 0.1) is 7.11 Å². The van der Waals surface area contributed by atoms with E-state index in [0.717, 1.165) is 22.6 Å². The second-order valence-corrected chi connectivity index (χ2v) is 5.77. The van der Waals surface area contributed by atoms with Gasteiger partial charge in [-0.15, -0.1) is 0 Å². The molecule has 0 spiro atoms. The summed E-state index contributed by atoms with van der Waals surface area (Å²) < 4.78 is 11.2. The van der Waals surface area contributed by atoms with E-state index in [-0.39, 0.29) is 0 Å². The average molecular weight is 319 g/mol. The molecule has 0 N–H and O–H groups in total. The molecule has 1 aromatic heterocycles.